The van der Waals surface area contributed by atoms with Crippen molar-refractivity contribution in [2.24, 2.45) is 0 Å². The molecule has 2 aromatic carbocycles. The quantitative estimate of drug-likeness (QED) is 0.282. The highest BCUT2D eigenvalue weighted by atomic mass is 16.5. The molecule has 210 valence electrons. The van der Waals surface area contributed by atoms with E-state index in [0.29, 0.717) is 18.7 Å². The van der Waals surface area contributed by atoms with Gasteiger partial charge in [0.25, 0.3) is 5.91 Å². The lowest BCUT2D eigenvalue weighted by atomic mass is 9.97. The standard InChI is InChI=1S/C32H42N2O5/c1-21(2)26-17-27(29(36)18-28(26)35)30(37)34-19-23-12-11-22(16-24(23)20-34)8-7-15-33-32(13-5-6-14-32)31(38)39-25-9-3-4-10-25/h11-12,16-18,21,25,33,35-36H,3-10,13-15,19-20H2,1-2H3. The van der Waals surface area contributed by atoms with Gasteiger partial charge in [-0.05, 0) is 92.1 Å². The van der Waals surface area contributed by atoms with Gasteiger partial charge in [0.05, 0.1) is 5.56 Å². The van der Waals surface area contributed by atoms with Crippen molar-refractivity contribution in [2.45, 2.75) is 109 Å². The van der Waals surface area contributed by atoms with Crippen LogP contribution in [0.25, 0.3) is 0 Å². The van der Waals surface area contributed by atoms with E-state index in [4.69, 9.17) is 4.74 Å². The zero-order chi connectivity index (χ0) is 27.6. The fourth-order valence-electron chi connectivity index (χ4n) is 6.47. The van der Waals surface area contributed by atoms with Crippen molar-refractivity contribution in [3.05, 3.63) is 58.1 Å². The van der Waals surface area contributed by atoms with Crippen LogP contribution >= 0.6 is 0 Å². The number of ether oxygens (including phenoxy) is 1. The van der Waals surface area contributed by atoms with Crippen molar-refractivity contribution in [1.29, 1.82) is 0 Å². The molecular weight excluding hydrogens is 492 g/mol. The molecule has 0 aromatic heterocycles. The summed E-state index contributed by atoms with van der Waals surface area (Å²) in [5.41, 5.74) is 3.82. The van der Waals surface area contributed by atoms with Gasteiger partial charge < -0.3 is 25.2 Å². The molecule has 2 saturated carbocycles. The molecule has 0 bridgehead atoms. The summed E-state index contributed by atoms with van der Waals surface area (Å²) in [6.07, 6.45) is 10.1. The summed E-state index contributed by atoms with van der Waals surface area (Å²) in [7, 11) is 0. The average Bonchev–Trinajstić information content (AvgIpc) is 3.67. The topological polar surface area (TPSA) is 99.1 Å². The van der Waals surface area contributed by atoms with Crippen molar-refractivity contribution in [3.63, 3.8) is 0 Å². The molecule has 1 amide bonds. The zero-order valence-electron chi connectivity index (χ0n) is 23.3. The maximum absolute atomic E-state index is 13.3. The molecule has 0 spiro atoms. The van der Waals surface area contributed by atoms with Crippen molar-refractivity contribution < 1.29 is 24.5 Å². The van der Waals surface area contributed by atoms with Gasteiger partial charge in [-0.15, -0.1) is 0 Å². The molecule has 3 N–H and O–H groups in total. The number of hydrogen-bond donors (Lipinski definition) is 3. The predicted molar refractivity (Wildman–Crippen MR) is 150 cm³/mol. The van der Waals surface area contributed by atoms with E-state index in [1.54, 1.807) is 11.0 Å². The number of phenolic OH excluding ortho intramolecular Hbond substituents is 2. The number of hydrogen-bond acceptors (Lipinski definition) is 6. The first-order valence-corrected chi connectivity index (χ1v) is 14.7. The van der Waals surface area contributed by atoms with Crippen LogP contribution in [-0.4, -0.2) is 45.2 Å². The number of aryl methyl sites for hydroxylation is 1. The van der Waals surface area contributed by atoms with E-state index >= 15 is 0 Å². The second kappa shape index (κ2) is 11.6. The van der Waals surface area contributed by atoms with Crippen LogP contribution in [0.2, 0.25) is 0 Å². The van der Waals surface area contributed by atoms with Gasteiger partial charge in [-0.25, -0.2) is 0 Å². The fourth-order valence-corrected chi connectivity index (χ4v) is 6.47. The van der Waals surface area contributed by atoms with Crippen molar-refractivity contribution >= 4 is 11.9 Å². The summed E-state index contributed by atoms with van der Waals surface area (Å²) in [5, 5.41) is 24.1. The summed E-state index contributed by atoms with van der Waals surface area (Å²) >= 11 is 0. The van der Waals surface area contributed by atoms with Gasteiger partial charge in [-0.3, -0.25) is 9.59 Å². The van der Waals surface area contributed by atoms with Gasteiger partial charge in [-0.2, -0.15) is 0 Å². The van der Waals surface area contributed by atoms with Gasteiger partial charge in [-0.1, -0.05) is 44.9 Å². The SMILES string of the molecule is CC(C)c1cc(C(=O)N2Cc3ccc(CCCNC4(C(=O)OC5CCCC5)CCCC4)cc3C2)c(O)cc1O. The van der Waals surface area contributed by atoms with Crippen LogP contribution < -0.4 is 5.32 Å². The number of esters is 1. The van der Waals surface area contributed by atoms with E-state index in [0.717, 1.165) is 81.9 Å². The van der Waals surface area contributed by atoms with Crippen LogP contribution in [0.4, 0.5) is 0 Å². The Labute approximate surface area is 231 Å². The molecule has 1 aliphatic heterocycles. The Kier molecular flexibility index (Phi) is 8.17. The minimum atomic E-state index is -0.517. The summed E-state index contributed by atoms with van der Waals surface area (Å²) in [6, 6.07) is 9.28. The molecule has 2 fully saturated rings. The lowest BCUT2D eigenvalue weighted by Gasteiger charge is -2.29. The van der Waals surface area contributed by atoms with Gasteiger partial charge in [0.15, 0.2) is 0 Å². The number of nitrogens with zero attached hydrogens (tertiary/aromatic N) is 1. The fraction of sp³-hybridized carbons (Fsp3) is 0.562. The van der Waals surface area contributed by atoms with Gasteiger partial charge >= 0.3 is 5.97 Å². The van der Waals surface area contributed by atoms with E-state index in [9.17, 15) is 19.8 Å². The highest BCUT2D eigenvalue weighted by molar-refractivity contribution is 5.97. The molecule has 0 unspecified atom stereocenters. The highest BCUT2D eigenvalue weighted by Gasteiger charge is 2.43. The Balaban J connectivity index is 1.16. The van der Waals surface area contributed by atoms with E-state index in [-0.39, 0.29) is 41.0 Å². The summed E-state index contributed by atoms with van der Waals surface area (Å²) in [6.45, 7) is 5.64. The number of carbonyl (C=O) groups is 2. The largest absolute Gasteiger partial charge is 0.508 e. The van der Waals surface area contributed by atoms with Crippen LogP contribution in [0.1, 0.15) is 110 Å². The van der Waals surface area contributed by atoms with Crippen LogP contribution in [0.5, 0.6) is 11.5 Å². The Morgan fingerprint density at radius 3 is 2.44 bits per heavy atom. The van der Waals surface area contributed by atoms with E-state index < -0.39 is 5.54 Å². The zero-order valence-corrected chi connectivity index (χ0v) is 23.3. The van der Waals surface area contributed by atoms with E-state index in [1.165, 1.54) is 11.6 Å². The second-order valence-electron chi connectivity index (χ2n) is 12.0. The first-order chi connectivity index (χ1) is 18.8. The lowest BCUT2D eigenvalue weighted by molar-refractivity contribution is -0.156. The molecule has 2 aromatic rings. The molecule has 0 atom stereocenters. The molecule has 7 heteroatoms. The minimum absolute atomic E-state index is 0.00690. The second-order valence-corrected chi connectivity index (χ2v) is 12.0. The number of fused-ring (bicyclic) bond motifs is 1. The highest BCUT2D eigenvalue weighted by Crippen LogP contribution is 2.35. The Morgan fingerprint density at radius 1 is 1.00 bits per heavy atom. The maximum Gasteiger partial charge on any atom is 0.326 e. The summed E-state index contributed by atoms with van der Waals surface area (Å²) < 4.78 is 5.90. The molecule has 0 radical (unpaired) electrons. The third kappa shape index (κ3) is 5.93. The lowest BCUT2D eigenvalue weighted by Crippen LogP contribution is -2.52. The first-order valence-electron chi connectivity index (χ1n) is 14.7. The van der Waals surface area contributed by atoms with E-state index in [2.05, 4.69) is 23.5 Å². The van der Waals surface area contributed by atoms with Crippen LogP contribution in [0.15, 0.2) is 30.3 Å². The number of nitrogens with one attached hydrogen (secondary N) is 1. The van der Waals surface area contributed by atoms with Gasteiger partial charge in [0.2, 0.25) is 0 Å². The third-order valence-corrected chi connectivity index (χ3v) is 8.81. The maximum atomic E-state index is 13.3. The molecular formula is C32H42N2O5. The Morgan fingerprint density at radius 2 is 1.72 bits per heavy atom. The Bertz CT molecular complexity index is 1210. The molecule has 0 saturated heterocycles. The summed E-state index contributed by atoms with van der Waals surface area (Å²) in [4.78, 5) is 28.1. The van der Waals surface area contributed by atoms with Crippen molar-refractivity contribution in [3.8, 4) is 11.5 Å². The van der Waals surface area contributed by atoms with Gasteiger partial charge in [0.1, 0.15) is 23.1 Å². The van der Waals surface area contributed by atoms with Crippen molar-refractivity contribution in [2.75, 3.05) is 6.54 Å². The molecule has 7 nitrogen and oxygen atoms in total. The predicted octanol–water partition coefficient (Wildman–Crippen LogP) is 5.70. The minimum Gasteiger partial charge on any atom is -0.508 e. The van der Waals surface area contributed by atoms with Crippen molar-refractivity contribution in [1.82, 2.24) is 10.2 Å². The van der Waals surface area contributed by atoms with Crippen LogP contribution in [0.3, 0.4) is 0 Å². The number of rotatable bonds is 9. The molecule has 5 rings (SSSR count). The first kappa shape index (κ1) is 27.5. The monoisotopic (exact) mass is 534 g/mol. The number of amides is 1. The number of phenols is 2. The third-order valence-electron chi connectivity index (χ3n) is 8.81. The average molecular weight is 535 g/mol. The van der Waals surface area contributed by atoms with E-state index in [1.807, 2.05) is 13.8 Å². The van der Waals surface area contributed by atoms with Crippen LogP contribution in [-0.2, 0) is 29.0 Å². The number of benzene rings is 2. The molecule has 39 heavy (non-hydrogen) atoms. The summed E-state index contributed by atoms with van der Waals surface area (Å²) in [5.74, 6) is -0.436. The smallest absolute Gasteiger partial charge is 0.326 e. The normalized spacial score (nSPS) is 18.6. The molecule has 1 heterocycles. The Hall–Kier alpha value is -3.06. The number of carbonyl (C=O) groups excluding carboxylic acids is 2. The molecule has 3 aliphatic rings. The van der Waals surface area contributed by atoms with Crippen LogP contribution in [0, 0.1) is 0 Å². The van der Waals surface area contributed by atoms with Gasteiger partial charge in [0, 0.05) is 19.2 Å². The number of aromatic hydroxyl groups is 2. The molecule has 2 aliphatic carbocycles.